The Morgan fingerprint density at radius 2 is 1.78 bits per heavy atom. The highest BCUT2D eigenvalue weighted by Gasteiger charge is 2.18. The second kappa shape index (κ2) is 11.4. The Labute approximate surface area is 190 Å². The van der Waals surface area contributed by atoms with Gasteiger partial charge >= 0.3 is 0 Å². The number of alkyl halides is 1. The Morgan fingerprint density at radius 1 is 1.12 bits per heavy atom. The maximum atomic E-state index is 12.2. The largest absolute Gasteiger partial charge is 0.400 e. The van der Waals surface area contributed by atoms with Crippen LogP contribution in [0.3, 0.4) is 0 Å². The van der Waals surface area contributed by atoms with E-state index in [0.29, 0.717) is 38.4 Å². The van der Waals surface area contributed by atoms with Crippen molar-refractivity contribution in [3.05, 3.63) is 35.7 Å². The van der Waals surface area contributed by atoms with E-state index in [2.05, 4.69) is 72.4 Å². The number of rotatable bonds is 12. The SMILES string of the molecule is CC(C)(C)N/C=C(\N)CN(Cc1cn(COCCCF)nn1)Cc1cn(C(C)(C)C)nn1. The summed E-state index contributed by atoms with van der Waals surface area (Å²) >= 11 is 0. The Bertz CT molecular complexity index is 848. The molecule has 0 fully saturated rings. The summed E-state index contributed by atoms with van der Waals surface area (Å²) in [6.45, 7) is 14.3. The number of ether oxygens (including phenoxy) is 1. The van der Waals surface area contributed by atoms with Crippen molar-refractivity contribution in [3.8, 4) is 0 Å². The van der Waals surface area contributed by atoms with Crippen LogP contribution in [-0.2, 0) is 30.1 Å². The van der Waals surface area contributed by atoms with Crippen LogP contribution in [0.25, 0.3) is 0 Å². The molecule has 0 saturated carbocycles. The molecule has 2 aromatic heterocycles. The Kier molecular flexibility index (Phi) is 9.14. The maximum absolute atomic E-state index is 12.2. The van der Waals surface area contributed by atoms with E-state index in [4.69, 9.17) is 10.5 Å². The molecule has 180 valence electrons. The van der Waals surface area contributed by atoms with Crippen molar-refractivity contribution < 1.29 is 9.13 Å². The molecule has 0 radical (unpaired) electrons. The van der Waals surface area contributed by atoms with Gasteiger partial charge in [0.05, 0.1) is 42.6 Å². The van der Waals surface area contributed by atoms with E-state index in [1.165, 1.54) is 0 Å². The van der Waals surface area contributed by atoms with Crippen LogP contribution in [0.2, 0.25) is 0 Å². The first-order valence-corrected chi connectivity index (χ1v) is 10.9. The predicted octanol–water partition coefficient (Wildman–Crippen LogP) is 2.15. The normalized spacial score (nSPS) is 13.2. The lowest BCUT2D eigenvalue weighted by Crippen LogP contribution is -2.34. The van der Waals surface area contributed by atoms with Gasteiger partial charge in [0.25, 0.3) is 0 Å². The summed E-state index contributed by atoms with van der Waals surface area (Å²) in [5, 5.41) is 20.2. The number of aromatic nitrogens is 6. The van der Waals surface area contributed by atoms with Crippen LogP contribution in [0.4, 0.5) is 4.39 Å². The molecule has 0 spiro atoms. The first kappa shape index (κ1) is 25.7. The second-order valence-electron chi connectivity index (χ2n) is 9.91. The smallest absolute Gasteiger partial charge is 0.141 e. The molecule has 3 N–H and O–H groups in total. The first-order chi connectivity index (χ1) is 15.0. The quantitative estimate of drug-likeness (QED) is 0.472. The van der Waals surface area contributed by atoms with Crippen LogP contribution in [0, 0.1) is 0 Å². The van der Waals surface area contributed by atoms with E-state index >= 15 is 0 Å². The monoisotopic (exact) mass is 451 g/mol. The lowest BCUT2D eigenvalue weighted by atomic mass is 10.1. The Balaban J connectivity index is 2.08. The summed E-state index contributed by atoms with van der Waals surface area (Å²) < 4.78 is 21.0. The molecule has 32 heavy (non-hydrogen) atoms. The zero-order valence-corrected chi connectivity index (χ0v) is 20.2. The third-order valence-electron chi connectivity index (χ3n) is 4.33. The number of nitrogens with zero attached hydrogens (tertiary/aromatic N) is 7. The standard InChI is InChI=1S/C21H38FN9O/c1-20(2,3)24-10-17(23)11-29(13-19-15-31(28-26-19)21(4,5)6)12-18-14-30(27-25-18)16-32-9-7-8-22/h10,14-15,24H,7-9,11-13,16,23H2,1-6H3/b17-10-. The van der Waals surface area contributed by atoms with E-state index in [0.717, 1.165) is 11.4 Å². The highest BCUT2D eigenvalue weighted by Crippen LogP contribution is 2.14. The summed E-state index contributed by atoms with van der Waals surface area (Å²) in [6, 6.07) is 0. The van der Waals surface area contributed by atoms with Crippen LogP contribution in [0.15, 0.2) is 24.3 Å². The van der Waals surface area contributed by atoms with Crippen molar-refractivity contribution in [1.82, 2.24) is 40.2 Å². The summed E-state index contributed by atoms with van der Waals surface area (Å²) in [6.07, 6.45) is 5.99. The number of halogens is 1. The van der Waals surface area contributed by atoms with Gasteiger partial charge in [0.15, 0.2) is 0 Å². The van der Waals surface area contributed by atoms with Crippen LogP contribution in [0.5, 0.6) is 0 Å². The molecule has 0 amide bonds. The van der Waals surface area contributed by atoms with Crippen molar-refractivity contribution in [2.75, 3.05) is 19.8 Å². The predicted molar refractivity (Wildman–Crippen MR) is 121 cm³/mol. The van der Waals surface area contributed by atoms with Gasteiger partial charge in [-0.2, -0.15) is 0 Å². The van der Waals surface area contributed by atoms with Crippen molar-refractivity contribution in [3.63, 3.8) is 0 Å². The summed E-state index contributed by atoms with van der Waals surface area (Å²) in [7, 11) is 0. The average molecular weight is 452 g/mol. The van der Waals surface area contributed by atoms with Crippen LogP contribution in [-0.4, -0.2) is 60.3 Å². The van der Waals surface area contributed by atoms with Crippen molar-refractivity contribution in [2.45, 2.75) is 78.9 Å². The molecular formula is C21H38FN9O. The zero-order valence-electron chi connectivity index (χ0n) is 20.2. The number of hydrogen-bond donors (Lipinski definition) is 2. The molecule has 11 heteroatoms. The molecule has 0 aromatic carbocycles. The van der Waals surface area contributed by atoms with Gasteiger partial charge in [0.1, 0.15) is 6.73 Å². The highest BCUT2D eigenvalue weighted by atomic mass is 19.1. The fourth-order valence-corrected chi connectivity index (χ4v) is 2.73. The van der Waals surface area contributed by atoms with Crippen molar-refractivity contribution >= 4 is 0 Å². The highest BCUT2D eigenvalue weighted by molar-refractivity contribution is 5.04. The van der Waals surface area contributed by atoms with Crippen LogP contribution in [0.1, 0.15) is 59.4 Å². The number of hydrogen-bond acceptors (Lipinski definition) is 8. The van der Waals surface area contributed by atoms with Gasteiger partial charge < -0.3 is 15.8 Å². The van der Waals surface area contributed by atoms with E-state index in [-0.39, 0.29) is 17.8 Å². The molecule has 0 aliphatic heterocycles. The number of nitrogens with two attached hydrogens (primary N) is 1. The van der Waals surface area contributed by atoms with Gasteiger partial charge in [-0.05, 0) is 48.0 Å². The van der Waals surface area contributed by atoms with E-state index in [9.17, 15) is 4.39 Å². The minimum atomic E-state index is -0.392. The summed E-state index contributed by atoms with van der Waals surface area (Å²) in [4.78, 5) is 2.13. The maximum Gasteiger partial charge on any atom is 0.141 e. The molecule has 0 aliphatic rings. The molecule has 0 saturated heterocycles. The van der Waals surface area contributed by atoms with Crippen LogP contribution < -0.4 is 11.1 Å². The Morgan fingerprint density at radius 3 is 2.38 bits per heavy atom. The van der Waals surface area contributed by atoms with Crippen LogP contribution >= 0.6 is 0 Å². The Hall–Kier alpha value is -2.53. The topological polar surface area (TPSA) is 112 Å². The molecule has 0 bridgehead atoms. The summed E-state index contributed by atoms with van der Waals surface area (Å²) in [5.41, 5.74) is 8.39. The summed E-state index contributed by atoms with van der Waals surface area (Å²) in [5.74, 6) is 0. The van der Waals surface area contributed by atoms with Gasteiger partial charge in [-0.15, -0.1) is 10.2 Å². The minimum absolute atomic E-state index is 0.0737. The molecule has 10 nitrogen and oxygen atoms in total. The van der Waals surface area contributed by atoms with Gasteiger partial charge in [-0.1, -0.05) is 10.4 Å². The minimum Gasteiger partial charge on any atom is -0.400 e. The molecular weight excluding hydrogens is 413 g/mol. The van der Waals surface area contributed by atoms with Gasteiger partial charge in [-0.3, -0.25) is 9.29 Å². The number of nitrogens with one attached hydrogen (secondary N) is 1. The second-order valence-corrected chi connectivity index (χ2v) is 9.91. The van der Waals surface area contributed by atoms with E-state index in [1.54, 1.807) is 4.68 Å². The van der Waals surface area contributed by atoms with Crippen molar-refractivity contribution in [2.24, 2.45) is 5.73 Å². The van der Waals surface area contributed by atoms with Gasteiger partial charge in [0.2, 0.25) is 0 Å². The third kappa shape index (κ3) is 9.31. The first-order valence-electron chi connectivity index (χ1n) is 10.9. The average Bonchev–Trinajstić information content (AvgIpc) is 3.32. The zero-order chi connectivity index (χ0) is 23.8. The lowest BCUT2D eigenvalue weighted by Gasteiger charge is -2.23. The molecule has 2 rings (SSSR count). The molecule has 0 atom stereocenters. The molecule has 0 unspecified atom stereocenters. The van der Waals surface area contributed by atoms with Gasteiger partial charge in [-0.25, -0.2) is 9.36 Å². The molecule has 2 aromatic rings. The van der Waals surface area contributed by atoms with Crippen molar-refractivity contribution in [1.29, 1.82) is 0 Å². The molecule has 2 heterocycles. The van der Waals surface area contributed by atoms with E-state index < -0.39 is 6.67 Å². The fourth-order valence-electron chi connectivity index (χ4n) is 2.73. The third-order valence-corrected chi connectivity index (χ3v) is 4.33. The molecule has 0 aliphatic carbocycles. The lowest BCUT2D eigenvalue weighted by molar-refractivity contribution is 0.0628. The van der Waals surface area contributed by atoms with Gasteiger partial charge in [0, 0.05) is 37.1 Å². The fraction of sp³-hybridized carbons (Fsp3) is 0.714. The van der Waals surface area contributed by atoms with E-state index in [1.807, 2.05) is 23.3 Å².